The van der Waals surface area contributed by atoms with Crippen LogP contribution in [0.5, 0.6) is 23.0 Å². The van der Waals surface area contributed by atoms with Gasteiger partial charge in [-0.1, -0.05) is 18.2 Å². The quantitative estimate of drug-likeness (QED) is 0.345. The average Bonchev–Trinajstić information content (AvgIpc) is 3.70. The minimum Gasteiger partial charge on any atom is -0.493 e. The maximum atomic E-state index is 13.2. The summed E-state index contributed by atoms with van der Waals surface area (Å²) in [4.78, 5) is 29.9. The Kier molecular flexibility index (Phi) is 9.21. The van der Waals surface area contributed by atoms with E-state index in [1.807, 2.05) is 30.3 Å². The lowest BCUT2D eigenvalue weighted by molar-refractivity contribution is 0.0926. The molecule has 2 saturated heterocycles. The highest BCUT2D eigenvalue weighted by atomic mass is 16.5. The van der Waals surface area contributed by atoms with E-state index >= 15 is 0 Å². The van der Waals surface area contributed by atoms with Crippen molar-refractivity contribution in [2.75, 3.05) is 38.3 Å². The summed E-state index contributed by atoms with van der Waals surface area (Å²) in [7, 11) is 1.55. The maximum absolute atomic E-state index is 13.2. The first-order valence-corrected chi connectivity index (χ1v) is 14.5. The molecule has 3 aromatic rings. The number of nitrogens with one attached hydrogen (secondary N) is 1. The number of imide groups is 1. The molecule has 3 heterocycles. The van der Waals surface area contributed by atoms with Crippen LogP contribution in [0.1, 0.15) is 60.2 Å². The van der Waals surface area contributed by atoms with Crippen LogP contribution in [0.4, 0.5) is 5.69 Å². The Morgan fingerprint density at radius 3 is 2.32 bits per heavy atom. The van der Waals surface area contributed by atoms with E-state index in [-0.39, 0.29) is 5.91 Å². The molecule has 0 saturated carbocycles. The van der Waals surface area contributed by atoms with Crippen LogP contribution >= 0.6 is 0 Å². The van der Waals surface area contributed by atoms with Crippen molar-refractivity contribution in [3.05, 3.63) is 77.9 Å². The van der Waals surface area contributed by atoms with E-state index in [2.05, 4.69) is 24.1 Å². The summed E-state index contributed by atoms with van der Waals surface area (Å²) in [5.41, 5.74) is 1.08. The van der Waals surface area contributed by atoms with Crippen LogP contribution in [0, 0.1) is 0 Å². The molecule has 216 valence electrons. The van der Waals surface area contributed by atoms with Crippen molar-refractivity contribution >= 4 is 17.5 Å². The second kappa shape index (κ2) is 13.2. The van der Waals surface area contributed by atoms with E-state index in [1.165, 1.54) is 32.2 Å². The lowest BCUT2D eigenvalue weighted by atomic mass is 10.1. The molecule has 0 aromatic heterocycles. The highest BCUT2D eigenvalue weighted by Crippen LogP contribution is 2.37. The fourth-order valence-corrected chi connectivity index (χ4v) is 5.51. The Morgan fingerprint density at radius 1 is 0.854 bits per heavy atom. The molecule has 2 unspecified atom stereocenters. The Morgan fingerprint density at radius 2 is 1.66 bits per heavy atom. The SMILES string of the molecule is CC1CCCN1.COc1cc(N2C(=O)c3ccc(Oc4ccccc4)cc3C2=O)ccc1OCCN1CCCC1C. The predicted molar refractivity (Wildman–Crippen MR) is 160 cm³/mol. The average molecular weight is 558 g/mol. The maximum Gasteiger partial charge on any atom is 0.266 e. The van der Waals surface area contributed by atoms with Crippen LogP contribution in [-0.4, -0.2) is 62.1 Å². The second-order valence-electron chi connectivity index (χ2n) is 10.8. The monoisotopic (exact) mass is 557 g/mol. The number of benzene rings is 3. The normalized spacial score (nSPS) is 20.0. The van der Waals surface area contributed by atoms with E-state index < -0.39 is 5.91 Å². The van der Waals surface area contributed by atoms with Crippen LogP contribution in [-0.2, 0) is 0 Å². The fourth-order valence-electron chi connectivity index (χ4n) is 5.51. The van der Waals surface area contributed by atoms with Gasteiger partial charge in [-0.05, 0) is 95.1 Å². The summed E-state index contributed by atoms with van der Waals surface area (Å²) in [6.45, 7) is 8.18. The number of fused-ring (bicyclic) bond motifs is 1. The van der Waals surface area contributed by atoms with Gasteiger partial charge in [-0.3, -0.25) is 14.5 Å². The van der Waals surface area contributed by atoms with E-state index in [0.717, 1.165) is 24.0 Å². The molecule has 3 aliphatic heterocycles. The van der Waals surface area contributed by atoms with Crippen LogP contribution in [0.2, 0.25) is 0 Å². The molecule has 8 nitrogen and oxygen atoms in total. The lowest BCUT2D eigenvalue weighted by Gasteiger charge is -2.21. The number of carbonyl (C=O) groups is 2. The number of amides is 2. The van der Waals surface area contributed by atoms with Gasteiger partial charge in [0.05, 0.1) is 23.9 Å². The molecule has 2 atom stereocenters. The van der Waals surface area contributed by atoms with Crippen molar-refractivity contribution in [2.24, 2.45) is 0 Å². The number of para-hydroxylation sites is 1. The van der Waals surface area contributed by atoms with E-state index in [1.54, 1.807) is 43.5 Å². The van der Waals surface area contributed by atoms with Crippen molar-refractivity contribution in [3.8, 4) is 23.0 Å². The second-order valence-corrected chi connectivity index (χ2v) is 10.8. The number of hydrogen-bond acceptors (Lipinski definition) is 7. The number of anilines is 1. The third-order valence-electron chi connectivity index (χ3n) is 7.88. The van der Waals surface area contributed by atoms with E-state index in [0.29, 0.717) is 52.5 Å². The fraction of sp³-hybridized carbons (Fsp3) is 0.394. The summed E-state index contributed by atoms with van der Waals surface area (Å²) in [6.07, 6.45) is 5.19. The Bertz CT molecular complexity index is 1360. The van der Waals surface area contributed by atoms with Crippen molar-refractivity contribution in [1.29, 1.82) is 0 Å². The molecule has 0 spiro atoms. The zero-order valence-electron chi connectivity index (χ0n) is 24.1. The molecule has 41 heavy (non-hydrogen) atoms. The summed E-state index contributed by atoms with van der Waals surface area (Å²) >= 11 is 0. The summed E-state index contributed by atoms with van der Waals surface area (Å²) in [6, 6.07) is 20.7. The zero-order chi connectivity index (χ0) is 28.8. The van der Waals surface area contributed by atoms with Crippen LogP contribution in [0.15, 0.2) is 66.7 Å². The zero-order valence-corrected chi connectivity index (χ0v) is 24.1. The number of carbonyl (C=O) groups excluding carboxylic acids is 2. The van der Waals surface area contributed by atoms with Crippen molar-refractivity contribution < 1.29 is 23.8 Å². The van der Waals surface area contributed by atoms with Gasteiger partial charge < -0.3 is 19.5 Å². The first-order chi connectivity index (χ1) is 19.9. The summed E-state index contributed by atoms with van der Waals surface area (Å²) in [5, 5.41) is 3.32. The van der Waals surface area contributed by atoms with Crippen molar-refractivity contribution in [3.63, 3.8) is 0 Å². The van der Waals surface area contributed by atoms with Crippen molar-refractivity contribution in [1.82, 2.24) is 10.2 Å². The minimum absolute atomic E-state index is 0.308. The molecular weight excluding hydrogens is 518 g/mol. The van der Waals surface area contributed by atoms with Gasteiger partial charge in [0.1, 0.15) is 18.1 Å². The molecule has 3 aliphatic rings. The number of hydrogen-bond donors (Lipinski definition) is 1. The largest absolute Gasteiger partial charge is 0.493 e. The first-order valence-electron chi connectivity index (χ1n) is 14.5. The number of ether oxygens (including phenoxy) is 3. The first kappa shape index (κ1) is 28.6. The number of nitrogens with zero attached hydrogens (tertiary/aromatic N) is 2. The molecule has 0 bridgehead atoms. The molecule has 0 aliphatic carbocycles. The Hall–Kier alpha value is -3.88. The number of rotatable bonds is 8. The Balaban J connectivity index is 0.000000500. The van der Waals surface area contributed by atoms with E-state index in [4.69, 9.17) is 14.2 Å². The number of likely N-dealkylation sites (tertiary alicyclic amines) is 1. The smallest absolute Gasteiger partial charge is 0.266 e. The molecule has 8 heteroatoms. The predicted octanol–water partition coefficient (Wildman–Crippen LogP) is 5.91. The Labute approximate surface area is 242 Å². The molecule has 2 amide bonds. The minimum atomic E-state index is -0.401. The third-order valence-corrected chi connectivity index (χ3v) is 7.88. The molecule has 6 rings (SSSR count). The highest BCUT2D eigenvalue weighted by Gasteiger charge is 2.37. The lowest BCUT2D eigenvalue weighted by Crippen LogP contribution is -2.31. The van der Waals surface area contributed by atoms with Crippen LogP contribution in [0.25, 0.3) is 0 Å². The topological polar surface area (TPSA) is 80.3 Å². The summed E-state index contributed by atoms with van der Waals surface area (Å²) in [5.74, 6) is 1.42. The van der Waals surface area contributed by atoms with Gasteiger partial charge in [0.2, 0.25) is 0 Å². The standard InChI is InChI=1S/C28H28N2O5.C5H11N/c1-19-7-6-14-29(19)15-16-34-25-13-10-20(17-26(25)33-2)30-27(31)23-12-11-22(18-24(23)28(30)32)35-21-8-4-3-5-9-21;1-5-3-2-4-6-5/h3-5,8-13,17-19H,6-7,14-16H2,1-2H3;5-6H,2-4H2,1H3. The summed E-state index contributed by atoms with van der Waals surface area (Å²) < 4.78 is 17.3. The van der Waals surface area contributed by atoms with Crippen molar-refractivity contribution in [2.45, 2.75) is 51.6 Å². The van der Waals surface area contributed by atoms with Gasteiger partial charge in [-0.2, -0.15) is 0 Å². The van der Waals surface area contributed by atoms with Gasteiger partial charge in [-0.25, -0.2) is 4.90 Å². The van der Waals surface area contributed by atoms with Gasteiger partial charge in [-0.15, -0.1) is 0 Å². The third kappa shape index (κ3) is 6.72. The van der Waals surface area contributed by atoms with Gasteiger partial charge >= 0.3 is 0 Å². The van der Waals surface area contributed by atoms with Crippen LogP contribution < -0.4 is 24.4 Å². The molecule has 0 radical (unpaired) electrons. The van der Waals surface area contributed by atoms with Gasteiger partial charge in [0.15, 0.2) is 11.5 Å². The molecule has 1 N–H and O–H groups in total. The highest BCUT2D eigenvalue weighted by molar-refractivity contribution is 6.34. The van der Waals surface area contributed by atoms with E-state index in [9.17, 15) is 9.59 Å². The molecular formula is C33H39N3O5. The molecule has 3 aromatic carbocycles. The van der Waals surface area contributed by atoms with Crippen LogP contribution in [0.3, 0.4) is 0 Å². The molecule has 2 fully saturated rings. The van der Waals surface area contributed by atoms with Gasteiger partial charge in [0.25, 0.3) is 11.8 Å². The number of methoxy groups -OCH3 is 1. The van der Waals surface area contributed by atoms with Gasteiger partial charge in [0, 0.05) is 24.7 Å².